The number of nitrogens with zero attached hydrogens (tertiary/aromatic N) is 2. The molecule has 1 atom stereocenters. The number of nitro benzene ring substituents is 1. The van der Waals surface area contributed by atoms with Gasteiger partial charge in [-0.3, -0.25) is 15.0 Å². The monoisotopic (exact) mass is 355 g/mol. The molecule has 1 N–H and O–H groups in total. The molecule has 2 aromatic carbocycles. The third-order valence-electron chi connectivity index (χ3n) is 4.62. The van der Waals surface area contributed by atoms with E-state index in [1.807, 2.05) is 19.1 Å². The first kappa shape index (κ1) is 17.7. The van der Waals surface area contributed by atoms with E-state index < -0.39 is 4.92 Å². The molecule has 1 aliphatic rings. The van der Waals surface area contributed by atoms with Crippen LogP contribution in [0, 0.1) is 16.0 Å². The minimum absolute atomic E-state index is 0.00818. The summed E-state index contributed by atoms with van der Waals surface area (Å²) < 4.78 is 5.17. The van der Waals surface area contributed by atoms with E-state index in [-0.39, 0.29) is 23.4 Å². The quantitative estimate of drug-likeness (QED) is 0.613. The average Bonchev–Trinajstić information content (AvgIpc) is 3.48. The predicted molar refractivity (Wildman–Crippen MR) is 99.8 cm³/mol. The minimum Gasteiger partial charge on any atom is -0.497 e. The van der Waals surface area contributed by atoms with Crippen LogP contribution in [0.5, 0.6) is 5.75 Å². The molecule has 0 aliphatic heterocycles. The summed E-state index contributed by atoms with van der Waals surface area (Å²) in [6.07, 6.45) is 2.15. The lowest BCUT2D eigenvalue weighted by Gasteiger charge is -2.29. The van der Waals surface area contributed by atoms with Crippen molar-refractivity contribution in [1.29, 1.82) is 0 Å². The normalized spacial score (nSPS) is 14.4. The zero-order valence-corrected chi connectivity index (χ0v) is 14.7. The van der Waals surface area contributed by atoms with Gasteiger partial charge in [0.05, 0.1) is 12.0 Å². The standard InChI is InChI=1S/C19H21N3O4/c1-13(14-7-8-14)21(15-9-11-16(26-2)12-10-15)19(23)20-17-5-3-4-6-18(17)22(24)25/h3-6,9-14H,7-8H2,1-2H3,(H,20,23). The molecule has 2 aromatic rings. The zero-order chi connectivity index (χ0) is 18.7. The Morgan fingerprint density at radius 3 is 2.46 bits per heavy atom. The third-order valence-corrected chi connectivity index (χ3v) is 4.62. The lowest BCUT2D eigenvalue weighted by atomic mass is 10.1. The van der Waals surface area contributed by atoms with E-state index in [9.17, 15) is 14.9 Å². The van der Waals surface area contributed by atoms with Crippen molar-refractivity contribution in [1.82, 2.24) is 0 Å². The summed E-state index contributed by atoms with van der Waals surface area (Å²) in [5, 5.41) is 13.9. The molecule has 2 amide bonds. The number of amides is 2. The van der Waals surface area contributed by atoms with Crippen molar-refractivity contribution in [3.8, 4) is 5.75 Å². The molecule has 0 saturated heterocycles. The molecule has 0 heterocycles. The summed E-state index contributed by atoms with van der Waals surface area (Å²) in [7, 11) is 1.58. The summed E-state index contributed by atoms with van der Waals surface area (Å²) >= 11 is 0. The van der Waals surface area contributed by atoms with Gasteiger partial charge in [-0.15, -0.1) is 0 Å². The fourth-order valence-electron chi connectivity index (χ4n) is 2.98. The van der Waals surface area contributed by atoms with Crippen LogP contribution >= 0.6 is 0 Å². The van der Waals surface area contributed by atoms with Crippen molar-refractivity contribution in [2.24, 2.45) is 5.92 Å². The highest BCUT2D eigenvalue weighted by atomic mass is 16.6. The number of methoxy groups -OCH3 is 1. The molecular weight excluding hydrogens is 334 g/mol. The van der Waals surface area contributed by atoms with Gasteiger partial charge in [0.15, 0.2) is 0 Å². The van der Waals surface area contributed by atoms with Crippen LogP contribution in [0.2, 0.25) is 0 Å². The Kier molecular flexibility index (Phi) is 5.06. The zero-order valence-electron chi connectivity index (χ0n) is 14.7. The first-order valence-electron chi connectivity index (χ1n) is 8.49. The van der Waals surface area contributed by atoms with Crippen LogP contribution in [0.15, 0.2) is 48.5 Å². The smallest absolute Gasteiger partial charge is 0.326 e. The van der Waals surface area contributed by atoms with Gasteiger partial charge in [0.1, 0.15) is 11.4 Å². The number of anilines is 2. The van der Waals surface area contributed by atoms with E-state index >= 15 is 0 Å². The van der Waals surface area contributed by atoms with Crippen molar-refractivity contribution in [3.63, 3.8) is 0 Å². The van der Waals surface area contributed by atoms with Crippen LogP contribution < -0.4 is 15.0 Å². The van der Waals surface area contributed by atoms with Crippen molar-refractivity contribution >= 4 is 23.1 Å². The number of ether oxygens (including phenoxy) is 1. The molecule has 1 fully saturated rings. The van der Waals surface area contributed by atoms with E-state index in [4.69, 9.17) is 4.74 Å². The van der Waals surface area contributed by atoms with Gasteiger partial charge in [0, 0.05) is 17.8 Å². The molecule has 0 spiro atoms. The molecule has 7 heteroatoms. The van der Waals surface area contributed by atoms with E-state index in [0.29, 0.717) is 11.7 Å². The molecule has 1 saturated carbocycles. The van der Waals surface area contributed by atoms with Crippen molar-refractivity contribution in [3.05, 3.63) is 58.6 Å². The van der Waals surface area contributed by atoms with Gasteiger partial charge < -0.3 is 10.1 Å². The average molecular weight is 355 g/mol. The van der Waals surface area contributed by atoms with E-state index in [1.54, 1.807) is 36.3 Å². The number of carbonyl (C=O) groups excluding carboxylic acids is 1. The molecule has 26 heavy (non-hydrogen) atoms. The van der Waals surface area contributed by atoms with Gasteiger partial charge in [-0.05, 0) is 56.0 Å². The molecule has 136 valence electrons. The topological polar surface area (TPSA) is 84.7 Å². The number of hydrogen-bond acceptors (Lipinski definition) is 4. The van der Waals surface area contributed by atoms with Crippen LogP contribution in [-0.2, 0) is 0 Å². The Morgan fingerprint density at radius 2 is 1.88 bits per heavy atom. The van der Waals surface area contributed by atoms with E-state index in [0.717, 1.165) is 18.5 Å². The molecule has 7 nitrogen and oxygen atoms in total. The minimum atomic E-state index is -0.502. The number of hydrogen-bond donors (Lipinski definition) is 1. The van der Waals surface area contributed by atoms with Gasteiger partial charge >= 0.3 is 6.03 Å². The largest absolute Gasteiger partial charge is 0.497 e. The molecule has 0 radical (unpaired) electrons. The van der Waals surface area contributed by atoms with Crippen molar-refractivity contribution < 1.29 is 14.5 Å². The second-order valence-corrected chi connectivity index (χ2v) is 6.35. The Morgan fingerprint density at radius 1 is 1.23 bits per heavy atom. The Bertz CT molecular complexity index is 803. The van der Waals surface area contributed by atoms with E-state index in [2.05, 4.69) is 5.32 Å². The Hall–Kier alpha value is -3.09. The first-order valence-corrected chi connectivity index (χ1v) is 8.49. The lowest BCUT2D eigenvalue weighted by Crippen LogP contribution is -2.43. The third kappa shape index (κ3) is 3.77. The highest BCUT2D eigenvalue weighted by Gasteiger charge is 2.35. The fourth-order valence-corrected chi connectivity index (χ4v) is 2.98. The number of urea groups is 1. The summed E-state index contributed by atoms with van der Waals surface area (Å²) in [5.41, 5.74) is 0.778. The second-order valence-electron chi connectivity index (χ2n) is 6.35. The molecule has 1 aliphatic carbocycles. The van der Waals surface area contributed by atoms with Gasteiger partial charge in [-0.1, -0.05) is 12.1 Å². The number of para-hydroxylation sites is 2. The van der Waals surface area contributed by atoms with Crippen molar-refractivity contribution in [2.75, 3.05) is 17.3 Å². The molecule has 1 unspecified atom stereocenters. The number of benzene rings is 2. The van der Waals surface area contributed by atoms with Crippen LogP contribution in [-0.4, -0.2) is 24.1 Å². The second kappa shape index (κ2) is 7.43. The maximum Gasteiger partial charge on any atom is 0.326 e. The van der Waals surface area contributed by atoms with Crippen LogP contribution in [0.3, 0.4) is 0 Å². The number of nitrogens with one attached hydrogen (secondary N) is 1. The fraction of sp³-hybridized carbons (Fsp3) is 0.316. The van der Waals surface area contributed by atoms with Crippen LogP contribution in [0.1, 0.15) is 19.8 Å². The maximum absolute atomic E-state index is 13.0. The number of rotatable bonds is 6. The predicted octanol–water partition coefficient (Wildman–Crippen LogP) is 4.44. The lowest BCUT2D eigenvalue weighted by molar-refractivity contribution is -0.383. The van der Waals surface area contributed by atoms with Crippen LogP contribution in [0.25, 0.3) is 0 Å². The molecule has 0 aromatic heterocycles. The van der Waals surface area contributed by atoms with Gasteiger partial charge in [-0.25, -0.2) is 4.79 Å². The van der Waals surface area contributed by atoms with Gasteiger partial charge in [0.2, 0.25) is 0 Å². The van der Waals surface area contributed by atoms with Crippen molar-refractivity contribution in [2.45, 2.75) is 25.8 Å². The van der Waals surface area contributed by atoms with Crippen LogP contribution in [0.4, 0.5) is 21.9 Å². The maximum atomic E-state index is 13.0. The Balaban J connectivity index is 1.89. The molecule has 3 rings (SSSR count). The first-order chi connectivity index (χ1) is 12.5. The molecule has 0 bridgehead atoms. The van der Waals surface area contributed by atoms with Gasteiger partial charge in [0.25, 0.3) is 5.69 Å². The van der Waals surface area contributed by atoms with E-state index in [1.165, 1.54) is 12.1 Å². The number of nitro groups is 1. The Labute approximate surface area is 151 Å². The molecular formula is C19H21N3O4. The summed E-state index contributed by atoms with van der Waals surface area (Å²) in [6, 6.07) is 13.0. The summed E-state index contributed by atoms with van der Waals surface area (Å²) in [4.78, 5) is 25.3. The number of carbonyl (C=O) groups is 1. The summed E-state index contributed by atoms with van der Waals surface area (Å²) in [6.45, 7) is 2.00. The SMILES string of the molecule is COc1ccc(N(C(=O)Nc2ccccc2[N+](=O)[O-])C(C)C2CC2)cc1. The highest BCUT2D eigenvalue weighted by Crippen LogP contribution is 2.37. The highest BCUT2D eigenvalue weighted by molar-refractivity contribution is 6.03. The van der Waals surface area contributed by atoms with Gasteiger partial charge in [-0.2, -0.15) is 0 Å². The summed E-state index contributed by atoms with van der Waals surface area (Å²) in [5.74, 6) is 1.14.